The zero-order valence-corrected chi connectivity index (χ0v) is 13.4. The fourth-order valence-electron chi connectivity index (χ4n) is 2.67. The van der Waals surface area contributed by atoms with Crippen LogP contribution in [0.4, 0.5) is 0 Å². The van der Waals surface area contributed by atoms with Gasteiger partial charge >= 0.3 is 0 Å². The maximum Gasteiger partial charge on any atom is 0.283 e. The van der Waals surface area contributed by atoms with Crippen LogP contribution in [0.5, 0.6) is 0 Å². The van der Waals surface area contributed by atoms with Crippen LogP contribution in [0.25, 0.3) is 10.1 Å². The predicted octanol–water partition coefficient (Wildman–Crippen LogP) is 4.85. The first-order chi connectivity index (χ1) is 10.2. The minimum Gasteiger partial charge on any atom is -0.266 e. The Labute approximate surface area is 133 Å². The van der Waals surface area contributed by atoms with Gasteiger partial charge in [0, 0.05) is 15.8 Å². The van der Waals surface area contributed by atoms with E-state index in [-0.39, 0.29) is 5.91 Å². The molecule has 0 aliphatic heterocycles. The van der Waals surface area contributed by atoms with Gasteiger partial charge in [0.25, 0.3) is 5.91 Å². The lowest BCUT2D eigenvalue weighted by Gasteiger charge is -2.19. The van der Waals surface area contributed by atoms with Crippen molar-refractivity contribution in [1.29, 1.82) is 0 Å². The Bertz CT molecular complexity index is 707. The molecule has 5 heteroatoms. The maximum absolute atomic E-state index is 12.3. The van der Waals surface area contributed by atoms with Crippen LogP contribution in [-0.4, -0.2) is 11.6 Å². The van der Waals surface area contributed by atoms with Gasteiger partial charge in [-0.15, -0.1) is 11.3 Å². The van der Waals surface area contributed by atoms with Gasteiger partial charge in [-0.3, -0.25) is 4.79 Å². The van der Waals surface area contributed by atoms with E-state index in [0.29, 0.717) is 15.8 Å². The number of halogens is 1. The van der Waals surface area contributed by atoms with E-state index in [9.17, 15) is 4.79 Å². The Morgan fingerprint density at radius 3 is 2.95 bits per heavy atom. The van der Waals surface area contributed by atoms with Crippen molar-refractivity contribution in [3.8, 4) is 0 Å². The van der Waals surface area contributed by atoms with Crippen LogP contribution in [0.15, 0.2) is 29.4 Å². The normalized spacial score (nSPS) is 20.9. The second-order valence-electron chi connectivity index (χ2n) is 5.43. The van der Waals surface area contributed by atoms with Crippen molar-refractivity contribution in [2.24, 2.45) is 11.0 Å². The minimum absolute atomic E-state index is 0.216. The number of carbonyl (C=O) groups excluding carboxylic acids is 1. The number of carbonyl (C=O) groups is 1. The highest BCUT2D eigenvalue weighted by atomic mass is 35.5. The van der Waals surface area contributed by atoms with Gasteiger partial charge in [-0.05, 0) is 31.2 Å². The molecule has 1 amide bonds. The molecule has 2 aromatic rings. The summed E-state index contributed by atoms with van der Waals surface area (Å²) in [7, 11) is 0. The molecule has 3 rings (SSSR count). The van der Waals surface area contributed by atoms with Crippen LogP contribution >= 0.6 is 22.9 Å². The van der Waals surface area contributed by atoms with Gasteiger partial charge in [-0.25, -0.2) is 5.43 Å². The number of thiophene rings is 1. The van der Waals surface area contributed by atoms with E-state index < -0.39 is 0 Å². The monoisotopic (exact) mass is 320 g/mol. The largest absolute Gasteiger partial charge is 0.283 e. The van der Waals surface area contributed by atoms with Crippen LogP contribution < -0.4 is 5.43 Å². The first kappa shape index (κ1) is 14.5. The van der Waals surface area contributed by atoms with Crippen LogP contribution in [0, 0.1) is 5.92 Å². The molecule has 1 aliphatic rings. The number of hydrogen-bond acceptors (Lipinski definition) is 3. The summed E-state index contributed by atoms with van der Waals surface area (Å²) >= 11 is 7.71. The van der Waals surface area contributed by atoms with Gasteiger partial charge in [0.15, 0.2) is 0 Å². The SMILES string of the molecule is CC1CCCCC1=NNC(=O)c1sc2ccccc2c1Cl. The van der Waals surface area contributed by atoms with Gasteiger partial charge < -0.3 is 0 Å². The number of rotatable bonds is 2. The van der Waals surface area contributed by atoms with Crippen molar-refractivity contribution in [3.05, 3.63) is 34.2 Å². The van der Waals surface area contributed by atoms with Gasteiger partial charge in [0.1, 0.15) is 4.88 Å². The third kappa shape index (κ3) is 2.97. The minimum atomic E-state index is -0.216. The van der Waals surface area contributed by atoms with Gasteiger partial charge in [-0.2, -0.15) is 5.10 Å². The van der Waals surface area contributed by atoms with Crippen LogP contribution in [0.1, 0.15) is 42.3 Å². The molecule has 1 N–H and O–H groups in total. The van der Waals surface area contributed by atoms with E-state index in [0.717, 1.165) is 35.1 Å². The number of fused-ring (bicyclic) bond motifs is 1. The van der Waals surface area contributed by atoms with Crippen molar-refractivity contribution in [2.75, 3.05) is 0 Å². The summed E-state index contributed by atoms with van der Waals surface area (Å²) in [5, 5.41) is 5.76. The number of nitrogens with zero attached hydrogens (tertiary/aromatic N) is 1. The molecule has 3 nitrogen and oxygen atoms in total. The molecular weight excluding hydrogens is 304 g/mol. The topological polar surface area (TPSA) is 41.5 Å². The third-order valence-electron chi connectivity index (χ3n) is 3.93. The molecule has 1 fully saturated rings. The van der Waals surface area contributed by atoms with Crippen molar-refractivity contribution >= 4 is 44.6 Å². The lowest BCUT2D eigenvalue weighted by molar-refractivity contribution is 0.0958. The number of nitrogens with one attached hydrogen (secondary N) is 1. The summed E-state index contributed by atoms with van der Waals surface area (Å²) < 4.78 is 1.02. The number of hydrazone groups is 1. The zero-order valence-electron chi connectivity index (χ0n) is 11.9. The van der Waals surface area contributed by atoms with E-state index in [4.69, 9.17) is 11.6 Å². The Morgan fingerprint density at radius 1 is 1.38 bits per heavy atom. The molecule has 1 heterocycles. The molecule has 0 radical (unpaired) electrons. The molecule has 1 saturated carbocycles. The van der Waals surface area contributed by atoms with Crippen LogP contribution in [-0.2, 0) is 0 Å². The van der Waals surface area contributed by atoms with E-state index in [1.54, 1.807) is 0 Å². The molecule has 1 atom stereocenters. The molecule has 0 bridgehead atoms. The fourth-order valence-corrected chi connectivity index (χ4v) is 4.08. The van der Waals surface area contributed by atoms with Crippen molar-refractivity contribution in [1.82, 2.24) is 5.43 Å². The molecule has 0 saturated heterocycles. The maximum atomic E-state index is 12.3. The molecule has 110 valence electrons. The number of amides is 1. The molecular formula is C16H17ClN2OS. The zero-order chi connectivity index (χ0) is 14.8. The smallest absolute Gasteiger partial charge is 0.266 e. The second kappa shape index (κ2) is 6.16. The highest BCUT2D eigenvalue weighted by Gasteiger charge is 2.19. The molecule has 1 aromatic carbocycles. The summed E-state index contributed by atoms with van der Waals surface area (Å²) in [5.74, 6) is 0.239. The highest BCUT2D eigenvalue weighted by molar-refractivity contribution is 7.21. The summed E-state index contributed by atoms with van der Waals surface area (Å²) in [4.78, 5) is 12.8. The van der Waals surface area contributed by atoms with E-state index in [1.807, 2.05) is 24.3 Å². The van der Waals surface area contributed by atoms with Crippen LogP contribution in [0.2, 0.25) is 5.02 Å². The Kier molecular flexibility index (Phi) is 4.27. The van der Waals surface area contributed by atoms with E-state index in [1.165, 1.54) is 17.8 Å². The van der Waals surface area contributed by atoms with Crippen molar-refractivity contribution in [2.45, 2.75) is 32.6 Å². The van der Waals surface area contributed by atoms with Crippen LogP contribution in [0.3, 0.4) is 0 Å². The van der Waals surface area contributed by atoms with E-state index in [2.05, 4.69) is 17.5 Å². The quantitative estimate of drug-likeness (QED) is 0.789. The molecule has 1 unspecified atom stereocenters. The van der Waals surface area contributed by atoms with E-state index >= 15 is 0 Å². The Balaban J connectivity index is 1.81. The lowest BCUT2D eigenvalue weighted by atomic mass is 9.89. The molecule has 21 heavy (non-hydrogen) atoms. The first-order valence-electron chi connectivity index (χ1n) is 7.20. The lowest BCUT2D eigenvalue weighted by Crippen LogP contribution is -2.23. The summed E-state index contributed by atoms with van der Waals surface area (Å²) in [6.07, 6.45) is 4.53. The Morgan fingerprint density at radius 2 is 2.19 bits per heavy atom. The van der Waals surface area contributed by atoms with Crippen molar-refractivity contribution in [3.63, 3.8) is 0 Å². The molecule has 0 spiro atoms. The Hall–Kier alpha value is -1.39. The summed E-state index contributed by atoms with van der Waals surface area (Å²) in [6, 6.07) is 7.77. The predicted molar refractivity (Wildman–Crippen MR) is 89.4 cm³/mol. The standard InChI is InChI=1S/C16H17ClN2OS/c1-10-6-2-4-8-12(10)18-19-16(20)15-14(17)11-7-3-5-9-13(11)21-15/h3,5,7,9-10H,2,4,6,8H2,1H3,(H,19,20). The van der Waals surface area contributed by atoms with Gasteiger partial charge in [-0.1, -0.05) is 43.1 Å². The first-order valence-corrected chi connectivity index (χ1v) is 8.40. The second-order valence-corrected chi connectivity index (χ2v) is 6.86. The average molecular weight is 321 g/mol. The molecule has 1 aliphatic carbocycles. The third-order valence-corrected chi connectivity index (χ3v) is 5.61. The molecule has 1 aromatic heterocycles. The van der Waals surface area contributed by atoms with Gasteiger partial charge in [0.2, 0.25) is 0 Å². The number of hydrogen-bond donors (Lipinski definition) is 1. The van der Waals surface area contributed by atoms with Gasteiger partial charge in [0.05, 0.1) is 5.02 Å². The number of benzene rings is 1. The fraction of sp³-hybridized carbons (Fsp3) is 0.375. The summed E-state index contributed by atoms with van der Waals surface area (Å²) in [6.45, 7) is 2.16. The highest BCUT2D eigenvalue weighted by Crippen LogP contribution is 2.35. The van der Waals surface area contributed by atoms with Crippen molar-refractivity contribution < 1.29 is 4.79 Å². The summed E-state index contributed by atoms with van der Waals surface area (Å²) in [5.41, 5.74) is 3.77. The average Bonchev–Trinajstić information content (AvgIpc) is 2.84.